The van der Waals surface area contributed by atoms with Crippen molar-refractivity contribution in [1.82, 2.24) is 10.2 Å². The molecule has 1 saturated carbocycles. The number of hydrogen-bond acceptors (Lipinski definition) is 6. The summed E-state index contributed by atoms with van der Waals surface area (Å²) in [6.07, 6.45) is 3.54. The molecule has 0 radical (unpaired) electrons. The van der Waals surface area contributed by atoms with Gasteiger partial charge in [0.25, 0.3) is 0 Å². The zero-order chi connectivity index (χ0) is 18.6. The van der Waals surface area contributed by atoms with Crippen molar-refractivity contribution < 1.29 is 28.6 Å². The second-order valence-electron chi connectivity index (χ2n) is 6.97. The Hall–Kier alpha value is -1.83. The lowest BCUT2D eigenvalue weighted by atomic mass is 9.84. The van der Waals surface area contributed by atoms with Crippen molar-refractivity contribution in [2.24, 2.45) is 5.41 Å². The van der Waals surface area contributed by atoms with Gasteiger partial charge in [0.1, 0.15) is 12.1 Å². The molecule has 2 amide bonds. The van der Waals surface area contributed by atoms with Gasteiger partial charge in [-0.05, 0) is 31.6 Å². The number of ether oxygens (including phenoxy) is 3. The molecule has 1 aliphatic heterocycles. The highest BCUT2D eigenvalue weighted by molar-refractivity contribution is 5.90. The van der Waals surface area contributed by atoms with Crippen LogP contribution in [-0.4, -0.2) is 68.9 Å². The fraction of sp³-hybridized carbons (Fsp3) is 0.824. The molecule has 1 saturated heterocycles. The third-order valence-electron chi connectivity index (χ3n) is 5.49. The van der Waals surface area contributed by atoms with E-state index in [1.54, 1.807) is 11.8 Å². The smallest absolute Gasteiger partial charge is 0.407 e. The van der Waals surface area contributed by atoms with Crippen molar-refractivity contribution in [2.45, 2.75) is 57.2 Å². The number of esters is 1. The van der Waals surface area contributed by atoms with Crippen LogP contribution in [0.1, 0.15) is 39.0 Å². The summed E-state index contributed by atoms with van der Waals surface area (Å²) in [6.45, 7) is 2.19. The van der Waals surface area contributed by atoms with E-state index in [1.165, 1.54) is 21.3 Å². The van der Waals surface area contributed by atoms with Gasteiger partial charge in [-0.1, -0.05) is 12.8 Å². The highest BCUT2D eigenvalue weighted by Gasteiger charge is 2.51. The van der Waals surface area contributed by atoms with Gasteiger partial charge >= 0.3 is 12.1 Å². The molecule has 3 atom stereocenters. The molecule has 2 fully saturated rings. The highest BCUT2D eigenvalue weighted by Crippen LogP contribution is 2.48. The van der Waals surface area contributed by atoms with Crippen molar-refractivity contribution in [3.05, 3.63) is 0 Å². The number of likely N-dealkylation sites (tertiary alicyclic amines) is 1. The molecule has 1 heterocycles. The van der Waals surface area contributed by atoms with Gasteiger partial charge in [-0.3, -0.25) is 4.79 Å². The maximum atomic E-state index is 13.1. The molecule has 142 valence electrons. The number of carbonyl (C=O) groups excluding carboxylic acids is 3. The van der Waals surface area contributed by atoms with Crippen LogP contribution in [-0.2, 0) is 23.8 Å². The van der Waals surface area contributed by atoms with Crippen LogP contribution in [0, 0.1) is 5.41 Å². The standard InChI is InChI=1S/C17H28N2O6/c1-11(23-2)13(18-16(22)25-4)14(20)19-10-17(7-5-6-8-17)9-12(19)15(21)24-3/h11-13H,5-10H2,1-4H3,(H,18,22)/t11-,12+,13+/m1/s1. The Labute approximate surface area is 148 Å². The predicted molar refractivity (Wildman–Crippen MR) is 88.8 cm³/mol. The molecule has 1 spiro atoms. The monoisotopic (exact) mass is 356 g/mol. The minimum atomic E-state index is -0.929. The number of rotatable bonds is 5. The fourth-order valence-electron chi connectivity index (χ4n) is 4.00. The van der Waals surface area contributed by atoms with Crippen molar-refractivity contribution in [2.75, 3.05) is 27.9 Å². The van der Waals surface area contributed by atoms with Gasteiger partial charge in [0.15, 0.2) is 0 Å². The van der Waals surface area contributed by atoms with Crippen LogP contribution in [0.3, 0.4) is 0 Å². The third-order valence-corrected chi connectivity index (χ3v) is 5.49. The van der Waals surface area contributed by atoms with Crippen molar-refractivity contribution >= 4 is 18.0 Å². The van der Waals surface area contributed by atoms with E-state index in [-0.39, 0.29) is 11.3 Å². The molecule has 25 heavy (non-hydrogen) atoms. The maximum Gasteiger partial charge on any atom is 0.407 e. The van der Waals surface area contributed by atoms with Gasteiger partial charge in [-0.15, -0.1) is 0 Å². The highest BCUT2D eigenvalue weighted by atomic mass is 16.5. The minimum absolute atomic E-state index is 0.0271. The normalized spacial score (nSPS) is 24.0. The van der Waals surface area contributed by atoms with E-state index in [0.29, 0.717) is 13.0 Å². The molecule has 0 aromatic carbocycles. The summed E-state index contributed by atoms with van der Waals surface area (Å²) in [5.74, 6) is -0.766. The number of alkyl carbamates (subject to hydrolysis) is 1. The van der Waals surface area contributed by atoms with Gasteiger partial charge in [0.2, 0.25) is 5.91 Å². The number of carbonyl (C=O) groups is 3. The Balaban J connectivity index is 2.24. The molecule has 2 rings (SSSR count). The van der Waals surface area contributed by atoms with E-state index in [2.05, 4.69) is 10.1 Å². The van der Waals surface area contributed by atoms with E-state index < -0.39 is 30.3 Å². The summed E-state index contributed by atoms with van der Waals surface area (Å²) in [4.78, 5) is 38.6. The quantitative estimate of drug-likeness (QED) is 0.741. The number of hydrogen-bond donors (Lipinski definition) is 1. The van der Waals surface area contributed by atoms with Gasteiger partial charge in [0.05, 0.1) is 20.3 Å². The number of nitrogens with one attached hydrogen (secondary N) is 1. The van der Waals surface area contributed by atoms with E-state index >= 15 is 0 Å². The topological polar surface area (TPSA) is 94.2 Å². The van der Waals surface area contributed by atoms with Gasteiger partial charge in [-0.25, -0.2) is 9.59 Å². The molecule has 0 bridgehead atoms. The zero-order valence-electron chi connectivity index (χ0n) is 15.4. The summed E-state index contributed by atoms with van der Waals surface area (Å²) >= 11 is 0. The lowest BCUT2D eigenvalue weighted by molar-refractivity contribution is -0.152. The zero-order valence-corrected chi connectivity index (χ0v) is 15.4. The SMILES string of the molecule is COC(=O)N[C@H](C(=O)N1CC2(CCCC2)C[C@H]1C(=O)OC)[C@@H](C)OC. The van der Waals surface area contributed by atoms with E-state index in [4.69, 9.17) is 9.47 Å². The molecular weight excluding hydrogens is 328 g/mol. The molecule has 8 heteroatoms. The summed E-state index contributed by atoms with van der Waals surface area (Å²) in [5.41, 5.74) is -0.0271. The van der Waals surface area contributed by atoms with Crippen LogP contribution in [0.4, 0.5) is 4.79 Å². The van der Waals surface area contributed by atoms with Crippen LogP contribution in [0.2, 0.25) is 0 Å². The summed E-state index contributed by atoms with van der Waals surface area (Å²) in [6, 6.07) is -1.55. The van der Waals surface area contributed by atoms with Crippen LogP contribution < -0.4 is 5.32 Å². The molecule has 0 aromatic heterocycles. The summed E-state index contributed by atoms with van der Waals surface area (Å²) < 4.78 is 14.8. The maximum absolute atomic E-state index is 13.1. The van der Waals surface area contributed by atoms with E-state index in [1.807, 2.05) is 0 Å². The average molecular weight is 356 g/mol. The third kappa shape index (κ3) is 4.05. The summed E-state index contributed by atoms with van der Waals surface area (Å²) in [5, 5.41) is 2.52. The second-order valence-corrected chi connectivity index (χ2v) is 6.97. The molecule has 0 unspecified atom stereocenters. The minimum Gasteiger partial charge on any atom is -0.467 e. The van der Waals surface area contributed by atoms with Crippen molar-refractivity contribution in [3.63, 3.8) is 0 Å². The number of methoxy groups -OCH3 is 3. The molecule has 1 N–H and O–H groups in total. The second kappa shape index (κ2) is 8.03. The largest absolute Gasteiger partial charge is 0.467 e. The van der Waals surface area contributed by atoms with E-state index in [9.17, 15) is 14.4 Å². The Kier molecular flexibility index (Phi) is 6.26. The van der Waals surface area contributed by atoms with Gasteiger partial charge < -0.3 is 24.4 Å². The molecule has 1 aliphatic carbocycles. The summed E-state index contributed by atoms with van der Waals surface area (Å²) in [7, 11) is 4.02. The van der Waals surface area contributed by atoms with E-state index in [0.717, 1.165) is 25.7 Å². The molecule has 0 aromatic rings. The Morgan fingerprint density at radius 3 is 2.28 bits per heavy atom. The first kappa shape index (κ1) is 19.5. The van der Waals surface area contributed by atoms with Crippen LogP contribution in [0.25, 0.3) is 0 Å². The van der Waals surface area contributed by atoms with Crippen molar-refractivity contribution in [3.8, 4) is 0 Å². The predicted octanol–water partition coefficient (Wildman–Crippen LogP) is 1.08. The molecule has 2 aliphatic rings. The fourth-order valence-corrected chi connectivity index (χ4v) is 4.00. The Morgan fingerprint density at radius 1 is 1.12 bits per heavy atom. The van der Waals surface area contributed by atoms with Gasteiger partial charge in [-0.2, -0.15) is 0 Å². The first-order chi connectivity index (χ1) is 11.9. The lowest BCUT2D eigenvalue weighted by Gasteiger charge is -2.30. The lowest BCUT2D eigenvalue weighted by Crippen LogP contribution is -2.56. The Bertz CT molecular complexity index is 517. The average Bonchev–Trinajstić information content (AvgIpc) is 3.24. The molecular formula is C17H28N2O6. The number of nitrogens with zero attached hydrogens (tertiary/aromatic N) is 1. The molecule has 8 nitrogen and oxygen atoms in total. The van der Waals surface area contributed by atoms with Gasteiger partial charge in [0, 0.05) is 13.7 Å². The first-order valence-electron chi connectivity index (χ1n) is 8.63. The van der Waals surface area contributed by atoms with Crippen molar-refractivity contribution in [1.29, 1.82) is 0 Å². The van der Waals surface area contributed by atoms with Crippen LogP contribution in [0.15, 0.2) is 0 Å². The van der Waals surface area contributed by atoms with Crippen LogP contribution >= 0.6 is 0 Å². The Morgan fingerprint density at radius 2 is 1.76 bits per heavy atom. The first-order valence-corrected chi connectivity index (χ1v) is 8.63. The van der Waals surface area contributed by atoms with Crippen LogP contribution in [0.5, 0.6) is 0 Å². The number of amides is 2.